The third-order valence-electron chi connectivity index (χ3n) is 2.84. The van der Waals surface area contributed by atoms with Crippen molar-refractivity contribution in [2.45, 2.75) is 19.8 Å². The molecule has 1 unspecified atom stereocenters. The Kier molecular flexibility index (Phi) is 2.32. The van der Waals surface area contributed by atoms with Crippen molar-refractivity contribution in [3.8, 4) is 0 Å². The minimum absolute atomic E-state index is 0.460. The SMILES string of the molecule is CC1(Cc2ccncc2)CCNC1. The number of pyridine rings is 1. The zero-order valence-corrected chi connectivity index (χ0v) is 8.09. The number of hydrogen-bond acceptors (Lipinski definition) is 2. The predicted molar refractivity (Wildman–Crippen MR) is 53.5 cm³/mol. The Hall–Kier alpha value is -0.890. The summed E-state index contributed by atoms with van der Waals surface area (Å²) >= 11 is 0. The first-order valence-corrected chi connectivity index (χ1v) is 4.88. The van der Waals surface area contributed by atoms with E-state index >= 15 is 0 Å². The van der Waals surface area contributed by atoms with Crippen molar-refractivity contribution in [2.75, 3.05) is 13.1 Å². The monoisotopic (exact) mass is 176 g/mol. The molecule has 13 heavy (non-hydrogen) atoms. The Morgan fingerprint density at radius 3 is 2.85 bits per heavy atom. The molecule has 0 amide bonds. The van der Waals surface area contributed by atoms with E-state index in [9.17, 15) is 0 Å². The fourth-order valence-electron chi connectivity index (χ4n) is 2.01. The van der Waals surface area contributed by atoms with Crippen molar-refractivity contribution in [1.82, 2.24) is 10.3 Å². The van der Waals surface area contributed by atoms with Crippen LogP contribution in [0.4, 0.5) is 0 Å². The van der Waals surface area contributed by atoms with Gasteiger partial charge in [0.25, 0.3) is 0 Å². The van der Waals surface area contributed by atoms with Gasteiger partial charge >= 0.3 is 0 Å². The molecule has 2 heterocycles. The first-order chi connectivity index (χ1) is 6.29. The summed E-state index contributed by atoms with van der Waals surface area (Å²) in [5, 5.41) is 3.42. The van der Waals surface area contributed by atoms with Crippen LogP contribution in [0.1, 0.15) is 18.9 Å². The average molecular weight is 176 g/mol. The number of nitrogens with zero attached hydrogens (tertiary/aromatic N) is 1. The number of hydrogen-bond donors (Lipinski definition) is 1. The van der Waals surface area contributed by atoms with E-state index in [2.05, 4.69) is 29.4 Å². The van der Waals surface area contributed by atoms with Gasteiger partial charge in [0.05, 0.1) is 0 Å². The highest BCUT2D eigenvalue weighted by Gasteiger charge is 2.28. The van der Waals surface area contributed by atoms with E-state index in [1.54, 1.807) is 0 Å². The fraction of sp³-hybridized carbons (Fsp3) is 0.545. The zero-order chi connectivity index (χ0) is 9.15. The lowest BCUT2D eigenvalue weighted by atomic mass is 9.83. The van der Waals surface area contributed by atoms with E-state index < -0.39 is 0 Å². The lowest BCUT2D eigenvalue weighted by Gasteiger charge is -2.22. The van der Waals surface area contributed by atoms with E-state index in [-0.39, 0.29) is 0 Å². The maximum absolute atomic E-state index is 4.03. The highest BCUT2D eigenvalue weighted by atomic mass is 14.9. The molecule has 1 saturated heterocycles. The topological polar surface area (TPSA) is 24.9 Å². The van der Waals surface area contributed by atoms with Crippen LogP contribution in [-0.4, -0.2) is 18.1 Å². The van der Waals surface area contributed by atoms with Gasteiger partial charge in [0.15, 0.2) is 0 Å². The Balaban J connectivity index is 2.05. The number of nitrogens with one attached hydrogen (secondary N) is 1. The molecule has 70 valence electrons. The number of aromatic nitrogens is 1. The molecule has 1 atom stereocenters. The van der Waals surface area contributed by atoms with Crippen molar-refractivity contribution in [2.24, 2.45) is 5.41 Å². The van der Waals surface area contributed by atoms with Gasteiger partial charge in [0, 0.05) is 18.9 Å². The van der Waals surface area contributed by atoms with Gasteiger partial charge in [0.1, 0.15) is 0 Å². The predicted octanol–water partition coefficient (Wildman–Crippen LogP) is 1.62. The fourth-order valence-corrected chi connectivity index (χ4v) is 2.01. The molecule has 1 fully saturated rings. The second kappa shape index (κ2) is 3.46. The zero-order valence-electron chi connectivity index (χ0n) is 8.09. The standard InChI is InChI=1S/C11H16N2/c1-11(4-7-13-9-11)8-10-2-5-12-6-3-10/h2-3,5-6,13H,4,7-9H2,1H3. The second-order valence-corrected chi connectivity index (χ2v) is 4.27. The third-order valence-corrected chi connectivity index (χ3v) is 2.84. The molecular formula is C11H16N2. The molecule has 0 spiro atoms. The maximum Gasteiger partial charge on any atom is 0.0270 e. The van der Waals surface area contributed by atoms with E-state index in [1.165, 1.54) is 24.9 Å². The molecule has 0 radical (unpaired) electrons. The lowest BCUT2D eigenvalue weighted by molar-refractivity contribution is 0.363. The van der Waals surface area contributed by atoms with Crippen LogP contribution in [0.3, 0.4) is 0 Å². The van der Waals surface area contributed by atoms with Gasteiger partial charge in [0.2, 0.25) is 0 Å². The quantitative estimate of drug-likeness (QED) is 0.740. The lowest BCUT2D eigenvalue weighted by Crippen LogP contribution is -2.22. The maximum atomic E-state index is 4.03. The molecule has 2 nitrogen and oxygen atoms in total. The molecule has 2 heteroatoms. The highest BCUT2D eigenvalue weighted by Crippen LogP contribution is 2.28. The van der Waals surface area contributed by atoms with E-state index in [0.29, 0.717) is 5.41 Å². The van der Waals surface area contributed by atoms with Crippen molar-refractivity contribution < 1.29 is 0 Å². The van der Waals surface area contributed by atoms with Gasteiger partial charge in [-0.2, -0.15) is 0 Å². The third kappa shape index (κ3) is 2.07. The van der Waals surface area contributed by atoms with Gasteiger partial charge in [-0.25, -0.2) is 0 Å². The molecular weight excluding hydrogens is 160 g/mol. The van der Waals surface area contributed by atoms with E-state index in [4.69, 9.17) is 0 Å². The van der Waals surface area contributed by atoms with E-state index in [1.807, 2.05) is 12.4 Å². The minimum atomic E-state index is 0.460. The highest BCUT2D eigenvalue weighted by molar-refractivity contribution is 5.12. The van der Waals surface area contributed by atoms with Crippen LogP contribution < -0.4 is 5.32 Å². The van der Waals surface area contributed by atoms with Gasteiger partial charge in [-0.15, -0.1) is 0 Å². The molecule has 0 aromatic carbocycles. The molecule has 1 aromatic heterocycles. The Morgan fingerprint density at radius 1 is 1.46 bits per heavy atom. The van der Waals surface area contributed by atoms with Crippen molar-refractivity contribution in [3.05, 3.63) is 30.1 Å². The Bertz CT molecular complexity index is 263. The Morgan fingerprint density at radius 2 is 2.23 bits per heavy atom. The summed E-state index contributed by atoms with van der Waals surface area (Å²) in [5.41, 5.74) is 1.86. The molecule has 0 aliphatic carbocycles. The first kappa shape index (κ1) is 8.70. The molecule has 1 aliphatic rings. The molecule has 0 bridgehead atoms. The smallest absolute Gasteiger partial charge is 0.0270 e. The summed E-state index contributed by atoms with van der Waals surface area (Å²) in [7, 11) is 0. The van der Waals surface area contributed by atoms with Crippen molar-refractivity contribution >= 4 is 0 Å². The summed E-state index contributed by atoms with van der Waals surface area (Å²) < 4.78 is 0. The van der Waals surface area contributed by atoms with Crippen molar-refractivity contribution in [3.63, 3.8) is 0 Å². The summed E-state index contributed by atoms with van der Waals surface area (Å²) in [6.45, 7) is 4.67. The largest absolute Gasteiger partial charge is 0.316 e. The van der Waals surface area contributed by atoms with Crippen LogP contribution in [0.15, 0.2) is 24.5 Å². The van der Waals surface area contributed by atoms with E-state index in [0.717, 1.165) is 6.54 Å². The van der Waals surface area contributed by atoms with Crippen LogP contribution in [0.25, 0.3) is 0 Å². The van der Waals surface area contributed by atoms with Crippen LogP contribution in [0.5, 0.6) is 0 Å². The van der Waals surface area contributed by atoms with Crippen LogP contribution >= 0.6 is 0 Å². The van der Waals surface area contributed by atoms with Crippen molar-refractivity contribution in [1.29, 1.82) is 0 Å². The molecule has 2 rings (SSSR count). The van der Waals surface area contributed by atoms with Gasteiger partial charge in [-0.3, -0.25) is 4.98 Å². The van der Waals surface area contributed by atoms with Gasteiger partial charge in [-0.05, 0) is 42.5 Å². The second-order valence-electron chi connectivity index (χ2n) is 4.27. The summed E-state index contributed by atoms with van der Waals surface area (Å²) in [4.78, 5) is 4.03. The van der Waals surface area contributed by atoms with Crippen LogP contribution in [0.2, 0.25) is 0 Å². The average Bonchev–Trinajstić information content (AvgIpc) is 2.54. The summed E-state index contributed by atoms with van der Waals surface area (Å²) in [6.07, 6.45) is 6.21. The molecule has 0 saturated carbocycles. The van der Waals surface area contributed by atoms with Gasteiger partial charge in [-0.1, -0.05) is 6.92 Å². The minimum Gasteiger partial charge on any atom is -0.316 e. The van der Waals surface area contributed by atoms with Crippen LogP contribution in [-0.2, 0) is 6.42 Å². The molecule has 1 aliphatic heterocycles. The Labute approximate surface area is 79.4 Å². The molecule has 1 N–H and O–H groups in total. The normalized spacial score (nSPS) is 27.8. The van der Waals surface area contributed by atoms with Crippen LogP contribution in [0, 0.1) is 5.41 Å². The first-order valence-electron chi connectivity index (χ1n) is 4.88. The molecule has 1 aromatic rings. The number of rotatable bonds is 2. The summed E-state index contributed by atoms with van der Waals surface area (Å²) in [6, 6.07) is 4.23. The summed E-state index contributed by atoms with van der Waals surface area (Å²) in [5.74, 6) is 0. The van der Waals surface area contributed by atoms with Gasteiger partial charge < -0.3 is 5.32 Å².